The summed E-state index contributed by atoms with van der Waals surface area (Å²) in [6.07, 6.45) is -2.09. The van der Waals surface area contributed by atoms with Crippen LogP contribution in [0.3, 0.4) is 0 Å². The first kappa shape index (κ1) is 28.6. The molecule has 35 heavy (non-hydrogen) atoms. The van der Waals surface area contributed by atoms with E-state index in [4.69, 9.17) is 26.1 Å². The first-order valence-corrected chi connectivity index (χ1v) is 10.3. The van der Waals surface area contributed by atoms with E-state index in [1.54, 1.807) is 6.92 Å². The summed E-state index contributed by atoms with van der Waals surface area (Å²) < 4.78 is 10.2. The van der Waals surface area contributed by atoms with Crippen molar-refractivity contribution in [2.75, 3.05) is 45.9 Å². The van der Waals surface area contributed by atoms with E-state index in [-0.39, 0.29) is 45.3 Å². The summed E-state index contributed by atoms with van der Waals surface area (Å²) in [6, 6.07) is -1.50. The van der Waals surface area contributed by atoms with Crippen LogP contribution in [0.1, 0.15) is 20.8 Å². The highest BCUT2D eigenvalue weighted by molar-refractivity contribution is 5.95. The first-order valence-electron chi connectivity index (χ1n) is 10.3. The first-order chi connectivity index (χ1) is 16.6. The predicted molar refractivity (Wildman–Crippen MR) is 118 cm³/mol. The van der Waals surface area contributed by atoms with E-state index in [1.807, 2.05) is 0 Å². The maximum atomic E-state index is 13.2. The lowest BCUT2D eigenvalue weighted by Gasteiger charge is -2.43. The standard InChI is InChI=1S/C17H26N12O6/c1-11(4-21-24-18)7-27-10-28(8-14(5-22-25-19)34-12(2)30)17(33)29(16(27)32)9-15(6-23-26-20)35-13(3)31/h11,14-15H,4-10H2,1-3H3. The lowest BCUT2D eigenvalue weighted by molar-refractivity contribution is -0.146. The predicted octanol–water partition coefficient (Wildman–Crippen LogP) is 2.53. The van der Waals surface area contributed by atoms with E-state index in [2.05, 4.69) is 30.1 Å². The number of urea groups is 2. The fourth-order valence-corrected chi connectivity index (χ4v) is 3.23. The maximum absolute atomic E-state index is 13.2. The van der Waals surface area contributed by atoms with Crippen molar-refractivity contribution in [3.63, 3.8) is 0 Å². The molecule has 1 rings (SSSR count). The molecule has 3 unspecified atom stereocenters. The molecule has 0 aromatic carbocycles. The van der Waals surface area contributed by atoms with Crippen LogP contribution in [0.4, 0.5) is 9.59 Å². The largest absolute Gasteiger partial charge is 0.461 e. The molecule has 0 radical (unpaired) electrons. The van der Waals surface area contributed by atoms with Gasteiger partial charge in [-0.25, -0.2) is 14.5 Å². The zero-order valence-electron chi connectivity index (χ0n) is 19.5. The molecule has 1 saturated heterocycles. The molecule has 0 N–H and O–H groups in total. The minimum absolute atomic E-state index is 0.0914. The van der Waals surface area contributed by atoms with E-state index >= 15 is 0 Å². The Balaban J connectivity index is 3.24. The highest BCUT2D eigenvalue weighted by Gasteiger charge is 2.40. The lowest BCUT2D eigenvalue weighted by atomic mass is 10.1. The highest BCUT2D eigenvalue weighted by Crippen LogP contribution is 2.18. The third-order valence-corrected chi connectivity index (χ3v) is 4.51. The van der Waals surface area contributed by atoms with Gasteiger partial charge in [-0.3, -0.25) is 9.59 Å². The number of nitrogens with zero attached hydrogens (tertiary/aromatic N) is 12. The quantitative estimate of drug-likeness (QED) is 0.152. The summed E-state index contributed by atoms with van der Waals surface area (Å²) in [4.78, 5) is 60.4. The van der Waals surface area contributed by atoms with E-state index in [9.17, 15) is 19.2 Å². The molecule has 190 valence electrons. The van der Waals surface area contributed by atoms with Gasteiger partial charge in [0.2, 0.25) is 0 Å². The van der Waals surface area contributed by atoms with Crippen LogP contribution in [-0.4, -0.2) is 96.8 Å². The number of esters is 2. The van der Waals surface area contributed by atoms with Crippen molar-refractivity contribution in [2.24, 2.45) is 21.3 Å². The van der Waals surface area contributed by atoms with Crippen molar-refractivity contribution < 1.29 is 28.7 Å². The molecule has 0 saturated carbocycles. The van der Waals surface area contributed by atoms with Crippen LogP contribution in [0.2, 0.25) is 0 Å². The molecule has 1 heterocycles. The Hall–Kier alpha value is -4.39. The van der Waals surface area contributed by atoms with E-state index in [0.717, 1.165) is 18.7 Å². The second-order valence-corrected chi connectivity index (χ2v) is 7.57. The van der Waals surface area contributed by atoms with Crippen LogP contribution >= 0.6 is 0 Å². The molecule has 0 spiro atoms. The molecule has 1 aliphatic rings. The van der Waals surface area contributed by atoms with Crippen molar-refractivity contribution in [2.45, 2.75) is 33.0 Å². The van der Waals surface area contributed by atoms with Gasteiger partial charge in [0.1, 0.15) is 12.2 Å². The number of imide groups is 1. The van der Waals surface area contributed by atoms with Crippen LogP contribution in [0.5, 0.6) is 0 Å². The van der Waals surface area contributed by atoms with Crippen LogP contribution in [0.15, 0.2) is 15.3 Å². The molecule has 0 bridgehead atoms. The Labute approximate surface area is 199 Å². The summed E-state index contributed by atoms with van der Waals surface area (Å²) in [5.41, 5.74) is 25.7. The second kappa shape index (κ2) is 14.7. The van der Waals surface area contributed by atoms with Crippen LogP contribution in [0, 0.1) is 5.92 Å². The van der Waals surface area contributed by atoms with Gasteiger partial charge in [-0.2, -0.15) is 0 Å². The SMILES string of the molecule is CC(=O)OC(CN=[N+]=[N-])CN1CN(CC(C)CN=[N+]=[N-])C(=O)N(CC(CN=[N+]=[N-])OC(C)=O)C1=O. The third kappa shape index (κ3) is 9.96. The smallest absolute Gasteiger partial charge is 0.329 e. The van der Waals surface area contributed by atoms with Crippen molar-refractivity contribution in [1.82, 2.24) is 14.7 Å². The summed E-state index contributed by atoms with van der Waals surface area (Å²) in [5, 5.41) is 10.2. The maximum Gasteiger partial charge on any atom is 0.329 e. The monoisotopic (exact) mass is 494 g/mol. The van der Waals surface area contributed by atoms with Crippen molar-refractivity contribution in [3.05, 3.63) is 31.3 Å². The topological polar surface area (TPSA) is 243 Å². The fraction of sp³-hybridized carbons (Fsp3) is 0.765. The van der Waals surface area contributed by atoms with Gasteiger partial charge in [0.15, 0.2) is 0 Å². The third-order valence-electron chi connectivity index (χ3n) is 4.51. The van der Waals surface area contributed by atoms with Gasteiger partial charge in [0, 0.05) is 41.7 Å². The number of amides is 4. The summed E-state index contributed by atoms with van der Waals surface area (Å²) >= 11 is 0. The Morgan fingerprint density at radius 3 is 1.71 bits per heavy atom. The van der Waals surface area contributed by atoms with Crippen LogP contribution < -0.4 is 0 Å². The molecule has 0 aromatic heterocycles. The molecule has 4 amide bonds. The summed E-state index contributed by atoms with van der Waals surface area (Å²) in [6.45, 7) is 2.80. The Morgan fingerprint density at radius 2 is 1.26 bits per heavy atom. The van der Waals surface area contributed by atoms with E-state index in [1.165, 1.54) is 9.80 Å². The molecule has 1 fully saturated rings. The Bertz CT molecular complexity index is 932. The molecule has 18 nitrogen and oxygen atoms in total. The van der Waals surface area contributed by atoms with Crippen molar-refractivity contribution in [3.8, 4) is 0 Å². The average molecular weight is 494 g/mol. The number of rotatable bonds is 14. The Kier molecular flexibility index (Phi) is 12.0. The van der Waals surface area contributed by atoms with E-state index in [0.29, 0.717) is 0 Å². The van der Waals surface area contributed by atoms with Gasteiger partial charge >= 0.3 is 24.0 Å². The minimum Gasteiger partial charge on any atom is -0.461 e. The van der Waals surface area contributed by atoms with Crippen LogP contribution in [-0.2, 0) is 19.1 Å². The molecule has 3 atom stereocenters. The zero-order chi connectivity index (χ0) is 26.4. The zero-order valence-corrected chi connectivity index (χ0v) is 19.5. The number of carbonyl (C=O) groups excluding carboxylic acids is 4. The number of carbonyl (C=O) groups is 4. The molecular formula is C17H26N12O6. The van der Waals surface area contributed by atoms with Gasteiger partial charge in [0.05, 0.1) is 32.8 Å². The van der Waals surface area contributed by atoms with Gasteiger partial charge < -0.3 is 19.3 Å². The minimum atomic E-state index is -1.11. The van der Waals surface area contributed by atoms with Crippen molar-refractivity contribution >= 4 is 24.0 Å². The molecular weight excluding hydrogens is 468 g/mol. The number of hydrogen-bond acceptors (Lipinski definition) is 9. The van der Waals surface area contributed by atoms with Crippen LogP contribution in [0.25, 0.3) is 31.3 Å². The van der Waals surface area contributed by atoms with Gasteiger partial charge in [-0.15, -0.1) is 0 Å². The average Bonchev–Trinajstić information content (AvgIpc) is 2.79. The highest BCUT2D eigenvalue weighted by atomic mass is 16.5. The van der Waals surface area contributed by atoms with Gasteiger partial charge in [-0.1, -0.05) is 22.3 Å². The normalized spacial score (nSPS) is 15.7. The number of hydrogen-bond donors (Lipinski definition) is 0. The lowest BCUT2D eigenvalue weighted by Crippen LogP contribution is -2.64. The van der Waals surface area contributed by atoms with E-state index < -0.39 is 42.8 Å². The molecule has 0 aliphatic carbocycles. The molecule has 18 heteroatoms. The van der Waals surface area contributed by atoms with Gasteiger partial charge in [-0.05, 0) is 22.5 Å². The van der Waals surface area contributed by atoms with Crippen molar-refractivity contribution in [1.29, 1.82) is 0 Å². The number of ether oxygens (including phenoxy) is 2. The fourth-order valence-electron chi connectivity index (χ4n) is 3.23. The Morgan fingerprint density at radius 1 is 0.829 bits per heavy atom. The summed E-state index contributed by atoms with van der Waals surface area (Å²) in [5.74, 6) is -1.64. The summed E-state index contributed by atoms with van der Waals surface area (Å²) in [7, 11) is 0. The second-order valence-electron chi connectivity index (χ2n) is 7.57. The molecule has 1 aliphatic heterocycles. The van der Waals surface area contributed by atoms with Gasteiger partial charge in [0.25, 0.3) is 0 Å². The molecule has 0 aromatic rings. The number of azide groups is 3.